The van der Waals surface area contributed by atoms with Gasteiger partial charge in [0.1, 0.15) is 0 Å². The van der Waals surface area contributed by atoms with Crippen LogP contribution in [0.1, 0.15) is 5.69 Å². The zero-order valence-electron chi connectivity index (χ0n) is 10.4. The molecule has 1 aromatic heterocycles. The average Bonchev–Trinajstić information content (AvgIpc) is 2.34. The van der Waals surface area contributed by atoms with Crippen molar-refractivity contribution < 1.29 is 4.79 Å². The van der Waals surface area contributed by atoms with E-state index in [0.717, 1.165) is 25.2 Å². The van der Waals surface area contributed by atoms with Gasteiger partial charge in [-0.25, -0.2) is 4.79 Å². The van der Waals surface area contributed by atoms with Crippen molar-refractivity contribution in [2.75, 3.05) is 33.7 Å². The molecule has 0 aromatic carbocycles. The maximum Gasteiger partial charge on any atom is 0.316 e. The molecule has 2 amide bonds. The van der Waals surface area contributed by atoms with Gasteiger partial charge < -0.3 is 15.5 Å². The second-order valence-corrected chi connectivity index (χ2v) is 3.95. The summed E-state index contributed by atoms with van der Waals surface area (Å²) < 4.78 is 0. The van der Waals surface area contributed by atoms with Crippen molar-refractivity contribution in [3.63, 3.8) is 0 Å². The zero-order chi connectivity index (χ0) is 12.5. The van der Waals surface area contributed by atoms with Crippen LogP contribution in [0, 0.1) is 0 Å². The van der Waals surface area contributed by atoms with Gasteiger partial charge in [-0.15, -0.1) is 0 Å². The number of rotatable bonds is 6. The monoisotopic (exact) mass is 236 g/mol. The van der Waals surface area contributed by atoms with E-state index in [-0.39, 0.29) is 6.03 Å². The topological polar surface area (TPSA) is 57.3 Å². The molecule has 1 heterocycles. The number of urea groups is 1. The van der Waals surface area contributed by atoms with Crippen LogP contribution >= 0.6 is 0 Å². The van der Waals surface area contributed by atoms with Crippen LogP contribution < -0.4 is 10.6 Å². The van der Waals surface area contributed by atoms with Crippen molar-refractivity contribution in [2.24, 2.45) is 0 Å². The van der Waals surface area contributed by atoms with Crippen LogP contribution in [0.3, 0.4) is 0 Å². The number of carbonyl (C=O) groups is 1. The maximum atomic E-state index is 11.2. The van der Waals surface area contributed by atoms with Gasteiger partial charge in [-0.2, -0.15) is 0 Å². The van der Waals surface area contributed by atoms with Crippen LogP contribution in [0.15, 0.2) is 24.4 Å². The Morgan fingerprint density at radius 2 is 2.12 bits per heavy atom. The third-order valence-electron chi connectivity index (χ3n) is 2.27. The maximum absolute atomic E-state index is 11.2. The predicted molar refractivity (Wildman–Crippen MR) is 67.9 cm³/mol. The van der Waals surface area contributed by atoms with E-state index in [2.05, 4.69) is 15.6 Å². The number of amides is 2. The first-order valence-corrected chi connectivity index (χ1v) is 5.76. The van der Waals surface area contributed by atoms with Gasteiger partial charge in [-0.1, -0.05) is 6.07 Å². The molecule has 0 atom stereocenters. The molecule has 0 saturated carbocycles. The van der Waals surface area contributed by atoms with Crippen molar-refractivity contribution in [1.82, 2.24) is 20.5 Å². The van der Waals surface area contributed by atoms with Crippen molar-refractivity contribution in [1.29, 1.82) is 0 Å². The summed E-state index contributed by atoms with van der Waals surface area (Å²) in [6.45, 7) is 2.28. The number of nitrogens with one attached hydrogen (secondary N) is 2. The normalized spacial score (nSPS) is 10.0. The molecule has 0 aliphatic rings. The van der Waals surface area contributed by atoms with Gasteiger partial charge in [0.25, 0.3) is 0 Å². The van der Waals surface area contributed by atoms with Gasteiger partial charge in [-0.3, -0.25) is 4.98 Å². The Labute approximate surface area is 102 Å². The minimum absolute atomic E-state index is 0.0588. The summed E-state index contributed by atoms with van der Waals surface area (Å²) in [5.74, 6) is 0. The molecule has 0 bridgehead atoms. The highest BCUT2D eigenvalue weighted by atomic mass is 16.2. The van der Waals surface area contributed by atoms with Crippen LogP contribution in [0.25, 0.3) is 0 Å². The highest BCUT2D eigenvalue weighted by Gasteiger charge is 2.00. The molecule has 5 heteroatoms. The fraction of sp³-hybridized carbons (Fsp3) is 0.500. The summed E-state index contributed by atoms with van der Waals surface area (Å²) >= 11 is 0. The molecule has 17 heavy (non-hydrogen) atoms. The molecule has 0 spiro atoms. The predicted octanol–water partition coefficient (Wildman–Crippen LogP) is 0.485. The molecule has 1 aromatic rings. The van der Waals surface area contributed by atoms with E-state index < -0.39 is 0 Å². The van der Waals surface area contributed by atoms with E-state index in [9.17, 15) is 4.79 Å². The first-order chi connectivity index (χ1) is 8.20. The van der Waals surface area contributed by atoms with E-state index in [4.69, 9.17) is 0 Å². The Morgan fingerprint density at radius 3 is 2.76 bits per heavy atom. The smallest absolute Gasteiger partial charge is 0.316 e. The van der Waals surface area contributed by atoms with Crippen LogP contribution in [0.4, 0.5) is 4.79 Å². The number of nitrogens with zero attached hydrogens (tertiary/aromatic N) is 2. The molecule has 0 unspecified atom stereocenters. The first-order valence-electron chi connectivity index (χ1n) is 5.76. The summed E-state index contributed by atoms with van der Waals surface area (Å²) in [7, 11) is 3.45. The van der Waals surface area contributed by atoms with E-state index in [1.807, 2.05) is 18.2 Å². The van der Waals surface area contributed by atoms with Crippen LogP contribution in [0.2, 0.25) is 0 Å². The molecular weight excluding hydrogens is 216 g/mol. The largest absolute Gasteiger partial charge is 0.337 e. The van der Waals surface area contributed by atoms with Crippen LogP contribution in [-0.4, -0.2) is 49.6 Å². The quantitative estimate of drug-likeness (QED) is 0.707. The lowest BCUT2D eigenvalue weighted by atomic mass is 10.3. The molecule has 0 aliphatic carbocycles. The Morgan fingerprint density at radius 1 is 1.29 bits per heavy atom. The van der Waals surface area contributed by atoms with E-state index in [1.165, 1.54) is 4.90 Å². The first kappa shape index (κ1) is 13.4. The zero-order valence-corrected chi connectivity index (χ0v) is 10.4. The average molecular weight is 236 g/mol. The fourth-order valence-corrected chi connectivity index (χ4v) is 1.30. The summed E-state index contributed by atoms with van der Waals surface area (Å²) in [5.41, 5.74) is 1.08. The Balaban J connectivity index is 2.00. The Kier molecular flexibility index (Phi) is 6.03. The minimum atomic E-state index is -0.0588. The number of aromatic nitrogens is 1. The van der Waals surface area contributed by atoms with Crippen LogP contribution in [0.5, 0.6) is 0 Å². The fourth-order valence-electron chi connectivity index (χ4n) is 1.30. The molecule has 1 rings (SSSR count). The van der Waals surface area contributed by atoms with E-state index in [1.54, 1.807) is 20.3 Å². The van der Waals surface area contributed by atoms with E-state index >= 15 is 0 Å². The second-order valence-electron chi connectivity index (χ2n) is 3.95. The summed E-state index contributed by atoms with van der Waals surface area (Å²) in [4.78, 5) is 16.9. The highest BCUT2D eigenvalue weighted by molar-refractivity contribution is 5.73. The molecule has 0 radical (unpaired) electrons. The SMILES string of the molecule is CN(C)C(=O)NCCNCCc1ccccn1. The van der Waals surface area contributed by atoms with Gasteiger partial charge >= 0.3 is 6.03 Å². The molecule has 0 aliphatic heterocycles. The van der Waals surface area contributed by atoms with E-state index in [0.29, 0.717) is 6.54 Å². The molecule has 94 valence electrons. The summed E-state index contributed by atoms with van der Waals surface area (Å²) in [6, 6.07) is 5.85. The number of carbonyl (C=O) groups excluding carboxylic acids is 1. The molecule has 2 N–H and O–H groups in total. The molecule has 0 saturated heterocycles. The third kappa shape index (κ3) is 5.87. The second kappa shape index (κ2) is 7.62. The Bertz CT molecular complexity index is 327. The van der Waals surface area contributed by atoms with Crippen molar-refractivity contribution in [3.05, 3.63) is 30.1 Å². The summed E-state index contributed by atoms with van der Waals surface area (Å²) in [5, 5.41) is 6.04. The van der Waals surface area contributed by atoms with Crippen molar-refractivity contribution in [2.45, 2.75) is 6.42 Å². The lowest BCUT2D eigenvalue weighted by Crippen LogP contribution is -2.38. The number of hydrogen-bond acceptors (Lipinski definition) is 3. The van der Waals surface area contributed by atoms with Crippen molar-refractivity contribution in [3.8, 4) is 0 Å². The highest BCUT2D eigenvalue weighted by Crippen LogP contribution is 1.92. The molecular formula is C12H20N4O. The standard InChI is InChI=1S/C12H20N4O/c1-16(2)12(17)15-10-9-13-8-6-11-5-3-4-7-14-11/h3-5,7,13H,6,8-10H2,1-2H3,(H,15,17). The third-order valence-corrected chi connectivity index (χ3v) is 2.27. The van der Waals surface area contributed by atoms with Gasteiger partial charge in [0.15, 0.2) is 0 Å². The minimum Gasteiger partial charge on any atom is -0.337 e. The van der Waals surface area contributed by atoms with Gasteiger partial charge in [0, 0.05) is 52.0 Å². The Hall–Kier alpha value is -1.62. The summed E-state index contributed by atoms with van der Waals surface area (Å²) in [6.07, 6.45) is 2.70. The number of pyridine rings is 1. The van der Waals surface area contributed by atoms with Gasteiger partial charge in [0.05, 0.1) is 0 Å². The molecule has 5 nitrogen and oxygen atoms in total. The lowest BCUT2D eigenvalue weighted by molar-refractivity contribution is 0.217. The number of hydrogen-bond donors (Lipinski definition) is 2. The van der Waals surface area contributed by atoms with Gasteiger partial charge in [0.2, 0.25) is 0 Å². The molecule has 0 fully saturated rings. The van der Waals surface area contributed by atoms with Gasteiger partial charge in [-0.05, 0) is 12.1 Å². The van der Waals surface area contributed by atoms with Crippen molar-refractivity contribution >= 4 is 6.03 Å². The van der Waals surface area contributed by atoms with Crippen LogP contribution in [-0.2, 0) is 6.42 Å². The lowest BCUT2D eigenvalue weighted by Gasteiger charge is -2.12.